The van der Waals surface area contributed by atoms with Crippen molar-refractivity contribution < 1.29 is 28.5 Å². The van der Waals surface area contributed by atoms with Crippen LogP contribution in [0.4, 0.5) is 9.59 Å². The first-order valence-corrected chi connectivity index (χ1v) is 6.69. The van der Waals surface area contributed by atoms with Crippen LogP contribution in [0.2, 0.25) is 0 Å². The van der Waals surface area contributed by atoms with Gasteiger partial charge in [0, 0.05) is 0 Å². The van der Waals surface area contributed by atoms with Crippen molar-refractivity contribution in [3.8, 4) is 0 Å². The summed E-state index contributed by atoms with van der Waals surface area (Å²) in [6, 6.07) is 0. The van der Waals surface area contributed by atoms with Gasteiger partial charge in [0.1, 0.15) is 0 Å². The summed E-state index contributed by atoms with van der Waals surface area (Å²) in [4.78, 5) is 22.0. The van der Waals surface area contributed by atoms with Crippen LogP contribution in [0.25, 0.3) is 0 Å². The van der Waals surface area contributed by atoms with Gasteiger partial charge in [0.2, 0.25) is 0 Å². The van der Waals surface area contributed by atoms with Crippen molar-refractivity contribution >= 4 is 12.3 Å². The second-order valence-corrected chi connectivity index (χ2v) is 4.27. The molecule has 0 aromatic carbocycles. The predicted molar refractivity (Wildman–Crippen MR) is 69.0 cm³/mol. The molecule has 0 heterocycles. The minimum atomic E-state index is -0.671. The maximum Gasteiger partial charge on any atom is 0.508 e. The van der Waals surface area contributed by atoms with E-state index in [9.17, 15) is 9.59 Å². The fourth-order valence-corrected chi connectivity index (χ4v) is 1.08. The van der Waals surface area contributed by atoms with Gasteiger partial charge in [0.25, 0.3) is 0 Å². The van der Waals surface area contributed by atoms with Gasteiger partial charge in [0.15, 0.2) is 0 Å². The summed E-state index contributed by atoms with van der Waals surface area (Å²) in [5, 5.41) is 0. The number of rotatable bonds is 9. The third-order valence-electron chi connectivity index (χ3n) is 2.03. The Morgan fingerprint density at radius 3 is 1.79 bits per heavy atom. The van der Waals surface area contributed by atoms with Crippen LogP contribution in [-0.4, -0.2) is 38.2 Å². The van der Waals surface area contributed by atoms with E-state index in [1.54, 1.807) is 13.8 Å². The highest BCUT2D eigenvalue weighted by Gasteiger charge is 2.06. The Morgan fingerprint density at radius 2 is 1.32 bits per heavy atom. The van der Waals surface area contributed by atoms with Crippen LogP contribution in [0.3, 0.4) is 0 Å². The molecular formula is C13H24O6. The molecule has 0 fully saturated rings. The summed E-state index contributed by atoms with van der Waals surface area (Å²) >= 11 is 0. The fourth-order valence-electron chi connectivity index (χ4n) is 1.08. The Hall–Kier alpha value is -1.46. The van der Waals surface area contributed by atoms with Gasteiger partial charge >= 0.3 is 12.3 Å². The minimum Gasteiger partial charge on any atom is -0.434 e. The van der Waals surface area contributed by atoms with E-state index in [1.165, 1.54) is 0 Å². The van der Waals surface area contributed by atoms with E-state index in [4.69, 9.17) is 18.9 Å². The van der Waals surface area contributed by atoms with Gasteiger partial charge in [-0.05, 0) is 33.1 Å². The topological polar surface area (TPSA) is 71.1 Å². The van der Waals surface area contributed by atoms with Gasteiger partial charge in [-0.25, -0.2) is 9.59 Å². The molecule has 6 nitrogen and oxygen atoms in total. The molecule has 0 bridgehead atoms. The molecular weight excluding hydrogens is 252 g/mol. The molecule has 0 spiro atoms. The molecule has 0 aromatic rings. The van der Waals surface area contributed by atoms with Crippen LogP contribution >= 0.6 is 0 Å². The second-order valence-electron chi connectivity index (χ2n) is 4.27. The first kappa shape index (κ1) is 17.5. The van der Waals surface area contributed by atoms with Crippen LogP contribution in [0.15, 0.2) is 0 Å². The van der Waals surface area contributed by atoms with E-state index in [1.807, 2.05) is 6.92 Å². The van der Waals surface area contributed by atoms with Crippen molar-refractivity contribution in [1.82, 2.24) is 0 Å². The molecule has 0 aliphatic heterocycles. The molecule has 0 saturated heterocycles. The van der Waals surface area contributed by atoms with Crippen LogP contribution in [-0.2, 0) is 18.9 Å². The van der Waals surface area contributed by atoms with Gasteiger partial charge in [-0.1, -0.05) is 13.3 Å². The maximum atomic E-state index is 11.0. The summed E-state index contributed by atoms with van der Waals surface area (Å²) in [5.41, 5.74) is 0. The van der Waals surface area contributed by atoms with Gasteiger partial charge in [-0.2, -0.15) is 0 Å². The lowest BCUT2D eigenvalue weighted by Crippen LogP contribution is -2.14. The maximum absolute atomic E-state index is 11.0. The van der Waals surface area contributed by atoms with Crippen LogP contribution in [0.1, 0.15) is 46.5 Å². The zero-order chi connectivity index (χ0) is 14.5. The first-order chi connectivity index (χ1) is 9.06. The number of ether oxygens (including phenoxy) is 4. The molecule has 19 heavy (non-hydrogen) atoms. The zero-order valence-corrected chi connectivity index (χ0v) is 12.0. The molecule has 0 unspecified atom stereocenters. The van der Waals surface area contributed by atoms with Gasteiger partial charge in [-0.3, -0.25) is 0 Å². The zero-order valence-electron chi connectivity index (χ0n) is 12.0. The molecule has 0 atom stereocenters. The van der Waals surface area contributed by atoms with Crippen molar-refractivity contribution in [1.29, 1.82) is 0 Å². The van der Waals surface area contributed by atoms with Crippen LogP contribution in [0, 0.1) is 0 Å². The Morgan fingerprint density at radius 1 is 0.842 bits per heavy atom. The highest BCUT2D eigenvalue weighted by molar-refractivity contribution is 5.60. The molecule has 0 amide bonds. The van der Waals surface area contributed by atoms with Crippen molar-refractivity contribution in [2.75, 3.05) is 19.8 Å². The SMILES string of the molecule is CCCCOC(=O)OCCCCOC(=O)OC(C)C. The number of hydrogen-bond donors (Lipinski definition) is 0. The summed E-state index contributed by atoms with van der Waals surface area (Å²) in [7, 11) is 0. The molecule has 0 radical (unpaired) electrons. The predicted octanol–water partition coefficient (Wildman–Crippen LogP) is 3.28. The quantitative estimate of drug-likeness (QED) is 0.475. The Balaban J connectivity index is 3.31. The smallest absolute Gasteiger partial charge is 0.434 e. The van der Waals surface area contributed by atoms with Crippen molar-refractivity contribution in [2.45, 2.75) is 52.6 Å². The normalized spacial score (nSPS) is 10.1. The van der Waals surface area contributed by atoms with Crippen molar-refractivity contribution in [3.63, 3.8) is 0 Å². The van der Waals surface area contributed by atoms with E-state index in [0.29, 0.717) is 19.4 Å². The standard InChI is InChI=1S/C13H24O6/c1-4-5-8-16-12(14)17-9-6-7-10-18-13(15)19-11(2)3/h11H,4-10H2,1-3H3. The lowest BCUT2D eigenvalue weighted by Gasteiger charge is -2.08. The number of carbonyl (C=O) groups excluding carboxylic acids is 2. The van der Waals surface area contributed by atoms with Gasteiger partial charge < -0.3 is 18.9 Å². The van der Waals surface area contributed by atoms with E-state index >= 15 is 0 Å². The number of unbranched alkanes of at least 4 members (excludes halogenated alkanes) is 2. The summed E-state index contributed by atoms with van der Waals surface area (Å²) < 4.78 is 19.2. The lowest BCUT2D eigenvalue weighted by molar-refractivity contribution is 0.0298. The third kappa shape index (κ3) is 12.8. The Labute approximate surface area is 114 Å². The molecule has 0 saturated carbocycles. The first-order valence-electron chi connectivity index (χ1n) is 6.69. The number of hydrogen-bond acceptors (Lipinski definition) is 6. The molecule has 0 N–H and O–H groups in total. The highest BCUT2D eigenvalue weighted by atomic mass is 16.7. The van der Waals surface area contributed by atoms with Crippen molar-refractivity contribution in [2.24, 2.45) is 0 Å². The van der Waals surface area contributed by atoms with Gasteiger partial charge in [0.05, 0.1) is 25.9 Å². The average Bonchev–Trinajstić information content (AvgIpc) is 2.33. The molecule has 0 aliphatic carbocycles. The molecule has 0 aromatic heterocycles. The minimum absolute atomic E-state index is 0.186. The molecule has 6 heteroatoms. The number of carbonyl (C=O) groups is 2. The summed E-state index contributed by atoms with van der Waals surface area (Å²) in [6.45, 7) is 6.41. The lowest BCUT2D eigenvalue weighted by atomic mass is 10.3. The summed E-state index contributed by atoms with van der Waals surface area (Å²) in [6.07, 6.45) is 1.52. The summed E-state index contributed by atoms with van der Waals surface area (Å²) in [5.74, 6) is 0. The van der Waals surface area contributed by atoms with Gasteiger partial charge in [-0.15, -0.1) is 0 Å². The second kappa shape index (κ2) is 11.6. The molecule has 112 valence electrons. The molecule has 0 rings (SSSR count). The highest BCUT2D eigenvalue weighted by Crippen LogP contribution is 1.98. The van der Waals surface area contributed by atoms with E-state index in [2.05, 4.69) is 0 Å². The average molecular weight is 276 g/mol. The Bertz CT molecular complexity index is 252. The van der Waals surface area contributed by atoms with E-state index in [0.717, 1.165) is 12.8 Å². The fraction of sp³-hybridized carbons (Fsp3) is 0.846. The largest absolute Gasteiger partial charge is 0.508 e. The van der Waals surface area contributed by atoms with Crippen LogP contribution in [0.5, 0.6) is 0 Å². The monoisotopic (exact) mass is 276 g/mol. The van der Waals surface area contributed by atoms with E-state index < -0.39 is 12.3 Å². The Kier molecular flexibility index (Phi) is 10.7. The van der Waals surface area contributed by atoms with E-state index in [-0.39, 0.29) is 19.3 Å². The van der Waals surface area contributed by atoms with Crippen molar-refractivity contribution in [3.05, 3.63) is 0 Å². The van der Waals surface area contributed by atoms with Crippen LogP contribution < -0.4 is 0 Å². The molecule has 0 aliphatic rings. The third-order valence-corrected chi connectivity index (χ3v) is 2.03.